The largest absolute Gasteiger partial charge is 0.508 e. The smallest absolute Gasteiger partial charge is 0.221 e. The second-order valence-corrected chi connectivity index (χ2v) is 7.65. The van der Waals surface area contributed by atoms with Crippen LogP contribution in [-0.2, 0) is 30.7 Å². The van der Waals surface area contributed by atoms with Gasteiger partial charge in [0.2, 0.25) is 5.91 Å². The van der Waals surface area contributed by atoms with E-state index < -0.39 is 0 Å². The summed E-state index contributed by atoms with van der Waals surface area (Å²) in [4.78, 5) is 23.2. The number of aryl methyl sites for hydroxylation is 1. The molecule has 0 radical (unpaired) electrons. The molecule has 0 atom stereocenters. The van der Waals surface area contributed by atoms with Crippen LogP contribution in [-0.4, -0.2) is 32.4 Å². The zero-order chi connectivity index (χ0) is 21.1. The van der Waals surface area contributed by atoms with Crippen LogP contribution in [0.4, 0.5) is 5.69 Å². The van der Waals surface area contributed by atoms with E-state index in [-0.39, 0.29) is 11.7 Å². The maximum Gasteiger partial charge on any atom is 0.221 e. The van der Waals surface area contributed by atoms with Gasteiger partial charge in [-0.3, -0.25) is 9.69 Å². The lowest BCUT2D eigenvalue weighted by Crippen LogP contribution is -2.31. The zero-order valence-corrected chi connectivity index (χ0v) is 17.4. The number of hydrogen-bond acceptors (Lipinski definition) is 5. The summed E-state index contributed by atoms with van der Waals surface area (Å²) in [6, 6.07) is 15.2. The molecule has 6 heteroatoms. The topological polar surface area (TPSA) is 78.4 Å². The van der Waals surface area contributed by atoms with E-state index in [1.54, 1.807) is 12.1 Å². The number of hydrogen-bond donors (Lipinski definition) is 2. The predicted octanol–water partition coefficient (Wildman–Crippen LogP) is 3.93. The normalized spacial score (nSPS) is 13.7. The number of benzene rings is 2. The van der Waals surface area contributed by atoms with Gasteiger partial charge in [0.25, 0.3) is 0 Å². The van der Waals surface area contributed by atoms with E-state index in [2.05, 4.69) is 29.3 Å². The molecule has 0 saturated heterocycles. The summed E-state index contributed by atoms with van der Waals surface area (Å²) < 4.78 is 0. The van der Waals surface area contributed by atoms with E-state index in [1.807, 2.05) is 24.3 Å². The quantitative estimate of drug-likeness (QED) is 0.676. The molecule has 4 rings (SSSR count). The summed E-state index contributed by atoms with van der Waals surface area (Å²) in [6.45, 7) is 6.13. The van der Waals surface area contributed by atoms with E-state index in [9.17, 15) is 9.90 Å². The third-order valence-electron chi connectivity index (χ3n) is 5.32. The maximum absolute atomic E-state index is 11.2. The van der Waals surface area contributed by atoms with Crippen LogP contribution in [0.1, 0.15) is 36.5 Å². The molecule has 30 heavy (non-hydrogen) atoms. The minimum atomic E-state index is -0.0661. The van der Waals surface area contributed by atoms with Crippen LogP contribution in [0, 0.1) is 0 Å². The Labute approximate surface area is 176 Å². The lowest BCUT2D eigenvalue weighted by Gasteiger charge is -2.30. The molecule has 0 unspecified atom stereocenters. The number of phenolic OH excluding ortho intramolecular Hbond substituents is 1. The molecule has 0 bridgehead atoms. The summed E-state index contributed by atoms with van der Waals surface area (Å²) in [5.41, 5.74) is 6.27. The van der Waals surface area contributed by atoms with Crippen LogP contribution in [0.2, 0.25) is 0 Å². The Bertz CT molecular complexity index is 1050. The number of fused-ring (bicyclic) bond motifs is 1. The van der Waals surface area contributed by atoms with E-state index in [0.29, 0.717) is 0 Å². The molecule has 154 valence electrons. The molecule has 1 aromatic heterocycles. The SMILES string of the molecule is CCc1nc2c(c(-c3ccc(O)cc3)n1)CN(Cc1ccc(NC(C)=O)cc1)CC2. The molecular weight excluding hydrogens is 376 g/mol. The van der Waals surface area contributed by atoms with E-state index >= 15 is 0 Å². The number of nitrogens with one attached hydrogen (secondary N) is 1. The molecule has 3 aromatic rings. The average molecular weight is 402 g/mol. The van der Waals surface area contributed by atoms with Crippen molar-refractivity contribution in [2.75, 3.05) is 11.9 Å². The summed E-state index contributed by atoms with van der Waals surface area (Å²) in [7, 11) is 0. The fraction of sp³-hybridized carbons (Fsp3) is 0.292. The van der Waals surface area contributed by atoms with Crippen LogP contribution >= 0.6 is 0 Å². The minimum absolute atomic E-state index is 0.0661. The first-order valence-corrected chi connectivity index (χ1v) is 10.3. The van der Waals surface area contributed by atoms with Gasteiger partial charge in [0.15, 0.2) is 0 Å². The van der Waals surface area contributed by atoms with E-state index in [1.165, 1.54) is 18.1 Å². The highest BCUT2D eigenvalue weighted by molar-refractivity contribution is 5.88. The van der Waals surface area contributed by atoms with Gasteiger partial charge in [-0.05, 0) is 42.0 Å². The Morgan fingerprint density at radius 3 is 2.50 bits per heavy atom. The van der Waals surface area contributed by atoms with Crippen LogP contribution in [0.15, 0.2) is 48.5 Å². The van der Waals surface area contributed by atoms with Gasteiger partial charge in [0.05, 0.1) is 11.4 Å². The number of amides is 1. The summed E-state index contributed by atoms with van der Waals surface area (Å²) in [6.07, 6.45) is 1.68. The van der Waals surface area contributed by atoms with Crippen molar-refractivity contribution in [2.24, 2.45) is 0 Å². The highest BCUT2D eigenvalue weighted by Crippen LogP contribution is 2.30. The van der Waals surface area contributed by atoms with Crippen molar-refractivity contribution >= 4 is 11.6 Å². The highest BCUT2D eigenvalue weighted by Gasteiger charge is 2.23. The molecule has 0 saturated carbocycles. The van der Waals surface area contributed by atoms with Crippen LogP contribution in [0.25, 0.3) is 11.3 Å². The van der Waals surface area contributed by atoms with Gasteiger partial charge in [0, 0.05) is 56.2 Å². The minimum Gasteiger partial charge on any atom is -0.508 e. The highest BCUT2D eigenvalue weighted by atomic mass is 16.3. The molecule has 0 fully saturated rings. The Morgan fingerprint density at radius 1 is 1.10 bits per heavy atom. The van der Waals surface area contributed by atoms with Crippen molar-refractivity contribution in [3.8, 4) is 17.0 Å². The number of aromatic hydroxyl groups is 1. The number of rotatable bonds is 5. The summed E-state index contributed by atoms with van der Waals surface area (Å²) in [5, 5.41) is 12.5. The number of nitrogens with zero attached hydrogens (tertiary/aromatic N) is 3. The van der Waals surface area contributed by atoms with Crippen molar-refractivity contribution in [1.82, 2.24) is 14.9 Å². The maximum atomic E-state index is 11.2. The van der Waals surface area contributed by atoms with Gasteiger partial charge in [0.1, 0.15) is 11.6 Å². The number of carbonyl (C=O) groups is 1. The Balaban J connectivity index is 1.58. The van der Waals surface area contributed by atoms with Crippen LogP contribution in [0.3, 0.4) is 0 Å². The van der Waals surface area contributed by atoms with Gasteiger partial charge in [-0.2, -0.15) is 0 Å². The molecular formula is C24H26N4O2. The molecule has 6 nitrogen and oxygen atoms in total. The van der Waals surface area contributed by atoms with Crippen molar-refractivity contribution in [2.45, 2.75) is 39.8 Å². The van der Waals surface area contributed by atoms with Gasteiger partial charge in [-0.15, -0.1) is 0 Å². The fourth-order valence-corrected chi connectivity index (χ4v) is 3.83. The molecule has 2 heterocycles. The Morgan fingerprint density at radius 2 is 1.83 bits per heavy atom. The Kier molecular flexibility index (Phi) is 5.77. The van der Waals surface area contributed by atoms with Crippen LogP contribution < -0.4 is 5.32 Å². The van der Waals surface area contributed by atoms with Gasteiger partial charge in [-0.25, -0.2) is 9.97 Å². The van der Waals surface area contributed by atoms with Crippen LogP contribution in [0.5, 0.6) is 5.75 Å². The Hall–Kier alpha value is -3.25. The van der Waals surface area contributed by atoms with E-state index in [0.717, 1.165) is 60.9 Å². The standard InChI is InChI=1S/C24H26N4O2/c1-3-23-26-22-12-13-28(14-17-4-8-19(9-5-17)25-16(2)29)15-21(22)24(27-23)18-6-10-20(30)11-7-18/h4-11,30H,3,12-15H2,1-2H3,(H,25,29). The second kappa shape index (κ2) is 8.63. The zero-order valence-electron chi connectivity index (χ0n) is 17.4. The third-order valence-corrected chi connectivity index (χ3v) is 5.32. The first-order valence-electron chi connectivity index (χ1n) is 10.3. The monoisotopic (exact) mass is 402 g/mol. The van der Waals surface area contributed by atoms with Crippen molar-refractivity contribution < 1.29 is 9.90 Å². The number of anilines is 1. The first-order chi connectivity index (χ1) is 14.5. The number of phenols is 1. The summed E-state index contributed by atoms with van der Waals surface area (Å²) >= 11 is 0. The summed E-state index contributed by atoms with van der Waals surface area (Å²) in [5.74, 6) is 1.05. The van der Waals surface area contributed by atoms with Gasteiger partial charge >= 0.3 is 0 Å². The molecule has 1 aliphatic heterocycles. The molecule has 1 aliphatic rings. The molecule has 0 spiro atoms. The molecule has 1 amide bonds. The second-order valence-electron chi connectivity index (χ2n) is 7.65. The molecule has 0 aliphatic carbocycles. The van der Waals surface area contributed by atoms with Crippen molar-refractivity contribution in [3.05, 3.63) is 71.2 Å². The predicted molar refractivity (Wildman–Crippen MR) is 117 cm³/mol. The molecule has 2 aromatic carbocycles. The fourth-order valence-electron chi connectivity index (χ4n) is 3.83. The van der Waals surface area contributed by atoms with Gasteiger partial charge in [-0.1, -0.05) is 19.1 Å². The number of aromatic nitrogens is 2. The van der Waals surface area contributed by atoms with Gasteiger partial charge < -0.3 is 10.4 Å². The van der Waals surface area contributed by atoms with Crippen molar-refractivity contribution in [3.63, 3.8) is 0 Å². The lowest BCUT2D eigenvalue weighted by atomic mass is 9.98. The third kappa shape index (κ3) is 4.49. The average Bonchev–Trinajstić information content (AvgIpc) is 2.74. The van der Waals surface area contributed by atoms with Crippen molar-refractivity contribution in [1.29, 1.82) is 0 Å². The lowest BCUT2D eigenvalue weighted by molar-refractivity contribution is -0.114. The molecule has 2 N–H and O–H groups in total. The number of carbonyl (C=O) groups excluding carboxylic acids is 1. The first kappa shape index (κ1) is 20.0. The van der Waals surface area contributed by atoms with E-state index in [4.69, 9.17) is 9.97 Å².